The highest BCUT2D eigenvalue weighted by Crippen LogP contribution is 2.12. The summed E-state index contributed by atoms with van der Waals surface area (Å²) < 4.78 is 0. The van der Waals surface area contributed by atoms with Crippen LogP contribution in [0.1, 0.15) is 17.4 Å². The molecule has 0 bridgehead atoms. The van der Waals surface area contributed by atoms with Gasteiger partial charge in [0.05, 0.1) is 5.69 Å². The molecule has 1 rings (SSSR count). The summed E-state index contributed by atoms with van der Waals surface area (Å²) in [6, 6.07) is 1.14. The summed E-state index contributed by atoms with van der Waals surface area (Å²) in [4.78, 5) is 36.7. The van der Waals surface area contributed by atoms with Crippen LogP contribution >= 0.6 is 0 Å². The number of urea groups is 1. The number of amides is 3. The molecule has 1 atom stereocenters. The zero-order chi connectivity index (χ0) is 13.7. The van der Waals surface area contributed by atoms with E-state index in [1.807, 2.05) is 0 Å². The minimum Gasteiger partial charge on any atom is -0.476 e. The van der Waals surface area contributed by atoms with E-state index in [1.165, 1.54) is 25.3 Å². The van der Waals surface area contributed by atoms with Gasteiger partial charge in [-0.2, -0.15) is 0 Å². The van der Waals surface area contributed by atoms with Crippen molar-refractivity contribution in [2.75, 3.05) is 5.32 Å². The van der Waals surface area contributed by atoms with E-state index in [0.29, 0.717) is 0 Å². The molecule has 0 aromatic carbocycles. The molecule has 18 heavy (non-hydrogen) atoms. The first-order valence-electron chi connectivity index (χ1n) is 4.97. The number of carboxylic acids is 1. The summed E-state index contributed by atoms with van der Waals surface area (Å²) in [7, 11) is 0. The molecule has 5 N–H and O–H groups in total. The first kappa shape index (κ1) is 13.4. The van der Waals surface area contributed by atoms with E-state index in [9.17, 15) is 14.4 Å². The Hall–Kier alpha value is -2.64. The normalized spacial score (nSPS) is 11.4. The number of aromatic carboxylic acids is 1. The molecule has 1 unspecified atom stereocenters. The molecule has 0 saturated heterocycles. The summed E-state index contributed by atoms with van der Waals surface area (Å²) >= 11 is 0. The third kappa shape index (κ3) is 3.44. The van der Waals surface area contributed by atoms with Gasteiger partial charge in [0, 0.05) is 6.20 Å². The quantitative estimate of drug-likeness (QED) is 0.587. The van der Waals surface area contributed by atoms with Gasteiger partial charge in [-0.1, -0.05) is 0 Å². The lowest BCUT2D eigenvalue weighted by atomic mass is 10.2. The van der Waals surface area contributed by atoms with Gasteiger partial charge in [0.15, 0.2) is 5.69 Å². The fraction of sp³-hybridized carbons (Fsp3) is 0.200. The molecule has 3 amide bonds. The molecule has 0 saturated carbocycles. The number of nitrogens with one attached hydrogen (secondary N) is 2. The predicted octanol–water partition coefficient (Wildman–Crippen LogP) is -0.225. The molecule has 0 aliphatic rings. The molecule has 1 aromatic rings. The summed E-state index contributed by atoms with van der Waals surface area (Å²) in [6.07, 6.45) is 1.30. The molecule has 0 fully saturated rings. The van der Waals surface area contributed by atoms with Gasteiger partial charge in [-0.3, -0.25) is 4.79 Å². The second-order valence-electron chi connectivity index (χ2n) is 3.42. The molecule has 96 valence electrons. The van der Waals surface area contributed by atoms with Crippen LogP contribution in [0, 0.1) is 0 Å². The van der Waals surface area contributed by atoms with Crippen molar-refractivity contribution in [3.05, 3.63) is 24.0 Å². The van der Waals surface area contributed by atoms with E-state index < -0.39 is 23.9 Å². The number of carboxylic acid groups (broad SMARTS) is 1. The number of pyridine rings is 1. The standard InChI is InChI=1S/C10H12N4O4/c1-5(13-10(11)18)8(15)14-6-3-2-4-12-7(6)9(16)17/h2-5H,1H3,(H,14,15)(H,16,17)(H3,11,13,18). The van der Waals surface area contributed by atoms with Crippen molar-refractivity contribution in [2.24, 2.45) is 5.73 Å². The smallest absolute Gasteiger partial charge is 0.356 e. The van der Waals surface area contributed by atoms with E-state index in [4.69, 9.17) is 10.8 Å². The lowest BCUT2D eigenvalue weighted by Crippen LogP contribution is -2.44. The fourth-order valence-corrected chi connectivity index (χ4v) is 1.20. The number of aromatic nitrogens is 1. The van der Waals surface area contributed by atoms with Crippen molar-refractivity contribution in [1.29, 1.82) is 0 Å². The van der Waals surface area contributed by atoms with Gasteiger partial charge in [0.1, 0.15) is 6.04 Å². The third-order valence-corrected chi connectivity index (χ3v) is 2.02. The molecule has 0 aliphatic carbocycles. The van der Waals surface area contributed by atoms with E-state index in [-0.39, 0.29) is 11.4 Å². The number of rotatable bonds is 4. The van der Waals surface area contributed by atoms with Gasteiger partial charge in [-0.25, -0.2) is 14.6 Å². The van der Waals surface area contributed by atoms with Crippen molar-refractivity contribution in [3.63, 3.8) is 0 Å². The highest BCUT2D eigenvalue weighted by Gasteiger charge is 2.18. The summed E-state index contributed by atoms with van der Waals surface area (Å²) in [5.41, 5.74) is 4.63. The molecular weight excluding hydrogens is 240 g/mol. The first-order chi connectivity index (χ1) is 8.41. The Morgan fingerprint density at radius 2 is 2.11 bits per heavy atom. The van der Waals surface area contributed by atoms with Crippen LogP contribution in [-0.2, 0) is 4.79 Å². The molecule has 1 heterocycles. The molecule has 0 radical (unpaired) electrons. The van der Waals surface area contributed by atoms with Crippen LogP contribution in [0.3, 0.4) is 0 Å². The van der Waals surface area contributed by atoms with Gasteiger partial charge in [0.25, 0.3) is 0 Å². The van der Waals surface area contributed by atoms with Gasteiger partial charge < -0.3 is 21.5 Å². The van der Waals surface area contributed by atoms with Crippen LogP contribution in [0.2, 0.25) is 0 Å². The minimum absolute atomic E-state index is 0.0492. The molecular formula is C10H12N4O4. The number of nitrogens with two attached hydrogens (primary N) is 1. The van der Waals surface area contributed by atoms with E-state index in [2.05, 4.69) is 15.6 Å². The SMILES string of the molecule is CC(NC(N)=O)C(=O)Nc1cccnc1C(=O)O. The van der Waals surface area contributed by atoms with Crippen LogP contribution in [0.15, 0.2) is 18.3 Å². The topological polar surface area (TPSA) is 134 Å². The predicted molar refractivity (Wildman–Crippen MR) is 62.0 cm³/mol. The zero-order valence-corrected chi connectivity index (χ0v) is 9.51. The monoisotopic (exact) mass is 252 g/mol. The highest BCUT2D eigenvalue weighted by molar-refractivity contribution is 6.01. The van der Waals surface area contributed by atoms with Crippen LogP contribution in [0.25, 0.3) is 0 Å². The number of hydrogen-bond donors (Lipinski definition) is 4. The van der Waals surface area contributed by atoms with Gasteiger partial charge in [0.2, 0.25) is 5.91 Å². The van der Waals surface area contributed by atoms with Crippen LogP contribution in [-0.4, -0.2) is 34.0 Å². The molecule has 8 nitrogen and oxygen atoms in total. The molecule has 0 spiro atoms. The van der Waals surface area contributed by atoms with Crippen molar-refractivity contribution in [3.8, 4) is 0 Å². The number of hydrogen-bond acceptors (Lipinski definition) is 4. The van der Waals surface area contributed by atoms with E-state index in [1.54, 1.807) is 0 Å². The number of nitrogens with zero attached hydrogens (tertiary/aromatic N) is 1. The molecule has 8 heteroatoms. The van der Waals surface area contributed by atoms with Gasteiger partial charge >= 0.3 is 12.0 Å². The number of carbonyl (C=O) groups is 3. The van der Waals surface area contributed by atoms with Crippen LogP contribution < -0.4 is 16.4 Å². The second-order valence-corrected chi connectivity index (χ2v) is 3.42. The lowest BCUT2D eigenvalue weighted by molar-refractivity contribution is -0.117. The largest absolute Gasteiger partial charge is 0.476 e. The van der Waals surface area contributed by atoms with Crippen molar-refractivity contribution >= 4 is 23.6 Å². The minimum atomic E-state index is -1.26. The fourth-order valence-electron chi connectivity index (χ4n) is 1.20. The third-order valence-electron chi connectivity index (χ3n) is 2.02. The Bertz CT molecular complexity index is 489. The van der Waals surface area contributed by atoms with E-state index >= 15 is 0 Å². The number of anilines is 1. The zero-order valence-electron chi connectivity index (χ0n) is 9.51. The first-order valence-corrected chi connectivity index (χ1v) is 4.97. The number of carbonyl (C=O) groups excluding carboxylic acids is 2. The summed E-state index contributed by atoms with van der Waals surface area (Å²) in [6.45, 7) is 1.41. The summed E-state index contributed by atoms with van der Waals surface area (Å²) in [5.74, 6) is -1.86. The Kier molecular flexibility index (Phi) is 4.19. The van der Waals surface area contributed by atoms with Crippen LogP contribution in [0.5, 0.6) is 0 Å². The van der Waals surface area contributed by atoms with Gasteiger partial charge in [-0.05, 0) is 19.1 Å². The Morgan fingerprint density at radius 3 is 2.67 bits per heavy atom. The average molecular weight is 252 g/mol. The van der Waals surface area contributed by atoms with Crippen molar-refractivity contribution < 1.29 is 19.5 Å². The average Bonchev–Trinajstić information content (AvgIpc) is 2.28. The lowest BCUT2D eigenvalue weighted by Gasteiger charge is -2.13. The van der Waals surface area contributed by atoms with E-state index in [0.717, 1.165) is 0 Å². The van der Waals surface area contributed by atoms with Gasteiger partial charge in [-0.15, -0.1) is 0 Å². The van der Waals surface area contributed by atoms with Crippen molar-refractivity contribution in [2.45, 2.75) is 13.0 Å². The maximum Gasteiger partial charge on any atom is 0.356 e. The number of primary amides is 1. The maximum atomic E-state index is 11.6. The molecule has 0 aliphatic heterocycles. The highest BCUT2D eigenvalue weighted by atomic mass is 16.4. The van der Waals surface area contributed by atoms with Crippen LogP contribution in [0.4, 0.5) is 10.5 Å². The maximum absolute atomic E-state index is 11.6. The Balaban J connectivity index is 2.82. The molecule has 1 aromatic heterocycles. The second kappa shape index (κ2) is 5.62. The summed E-state index contributed by atoms with van der Waals surface area (Å²) in [5, 5.41) is 13.4. The van der Waals surface area contributed by atoms with Crippen molar-refractivity contribution in [1.82, 2.24) is 10.3 Å². The Labute approximate surface area is 102 Å². The Morgan fingerprint density at radius 1 is 1.44 bits per heavy atom.